The Labute approximate surface area is 147 Å². The first-order valence-corrected chi connectivity index (χ1v) is 8.09. The van der Waals surface area contributed by atoms with Crippen LogP contribution < -0.4 is 0 Å². The highest BCUT2D eigenvalue weighted by Crippen LogP contribution is 2.51. The van der Waals surface area contributed by atoms with Gasteiger partial charge in [0, 0.05) is 16.7 Å². The Bertz CT molecular complexity index is 1000. The molecule has 26 heavy (non-hydrogen) atoms. The zero-order valence-electron chi connectivity index (χ0n) is 13.8. The fourth-order valence-corrected chi connectivity index (χ4v) is 3.84. The summed E-state index contributed by atoms with van der Waals surface area (Å²) in [6.07, 6.45) is -1.34. The van der Waals surface area contributed by atoms with E-state index in [2.05, 4.69) is 0 Å². The molecule has 0 aliphatic heterocycles. The molecule has 2 aromatic rings. The number of aliphatic hydroxyl groups is 2. The molecule has 0 aromatic heterocycles. The van der Waals surface area contributed by atoms with Gasteiger partial charge in [-0.2, -0.15) is 0 Å². The van der Waals surface area contributed by atoms with Crippen molar-refractivity contribution in [2.75, 3.05) is 0 Å². The minimum absolute atomic E-state index is 0.0942. The van der Waals surface area contributed by atoms with Crippen LogP contribution in [0.3, 0.4) is 0 Å². The number of phenolic OH excluding ortho intramolecular Hbond substituents is 3. The average molecular weight is 356 g/mol. The Morgan fingerprint density at radius 3 is 2.35 bits per heavy atom. The second-order valence-electron chi connectivity index (χ2n) is 6.96. The maximum atomic E-state index is 12.9. The standard InChI is InChI=1S/C19H16O7/c1-19(26)6-5-8-11(18(19)25)17(24)13-12(15(8)22)16(23)10-7(14(13)21)3-2-4-9(10)20/h2-4,18,20,22,24-26H,5-6H2,1H3/t18-,19+/m1/s1. The topological polar surface area (TPSA) is 135 Å². The molecular weight excluding hydrogens is 340 g/mol. The van der Waals surface area contributed by atoms with Gasteiger partial charge in [-0.25, -0.2) is 0 Å². The third kappa shape index (κ3) is 1.89. The van der Waals surface area contributed by atoms with E-state index in [1.165, 1.54) is 25.1 Å². The van der Waals surface area contributed by atoms with E-state index in [1.54, 1.807) is 0 Å². The van der Waals surface area contributed by atoms with E-state index in [0.29, 0.717) is 0 Å². The number of benzene rings is 2. The van der Waals surface area contributed by atoms with Crippen molar-refractivity contribution in [2.24, 2.45) is 0 Å². The highest BCUT2D eigenvalue weighted by molar-refractivity contribution is 6.31. The van der Waals surface area contributed by atoms with Crippen LogP contribution in [0.25, 0.3) is 0 Å². The zero-order chi connectivity index (χ0) is 19.0. The number of ketones is 2. The van der Waals surface area contributed by atoms with Gasteiger partial charge in [0.05, 0.1) is 22.3 Å². The molecule has 0 radical (unpaired) electrons. The van der Waals surface area contributed by atoms with E-state index in [9.17, 15) is 35.1 Å². The number of carbonyl (C=O) groups excluding carboxylic acids is 2. The van der Waals surface area contributed by atoms with Crippen molar-refractivity contribution < 1.29 is 35.1 Å². The first-order chi connectivity index (χ1) is 12.2. The van der Waals surface area contributed by atoms with Crippen LogP contribution in [0.5, 0.6) is 17.2 Å². The van der Waals surface area contributed by atoms with Crippen LogP contribution in [0.1, 0.15) is 62.4 Å². The van der Waals surface area contributed by atoms with E-state index < -0.39 is 51.6 Å². The van der Waals surface area contributed by atoms with Gasteiger partial charge in [-0.05, 0) is 25.8 Å². The van der Waals surface area contributed by atoms with E-state index in [4.69, 9.17) is 0 Å². The molecule has 2 aliphatic rings. The van der Waals surface area contributed by atoms with Gasteiger partial charge >= 0.3 is 0 Å². The Balaban J connectivity index is 2.08. The second kappa shape index (κ2) is 5.06. The fraction of sp³-hybridized carbons (Fsp3) is 0.263. The van der Waals surface area contributed by atoms with Crippen molar-refractivity contribution in [3.8, 4) is 17.2 Å². The molecule has 0 heterocycles. The third-order valence-electron chi connectivity index (χ3n) is 5.30. The molecule has 0 unspecified atom stereocenters. The van der Waals surface area contributed by atoms with E-state index in [1.807, 2.05) is 0 Å². The Morgan fingerprint density at radius 2 is 1.65 bits per heavy atom. The molecule has 0 spiro atoms. The van der Waals surface area contributed by atoms with Crippen molar-refractivity contribution in [3.05, 3.63) is 51.6 Å². The van der Waals surface area contributed by atoms with Crippen molar-refractivity contribution >= 4 is 11.6 Å². The van der Waals surface area contributed by atoms with Gasteiger partial charge in [0.1, 0.15) is 23.4 Å². The zero-order valence-corrected chi connectivity index (χ0v) is 13.8. The molecule has 0 fully saturated rings. The van der Waals surface area contributed by atoms with E-state index in [0.717, 1.165) is 0 Å². The molecule has 134 valence electrons. The normalized spacial score (nSPS) is 24.0. The first-order valence-electron chi connectivity index (χ1n) is 8.09. The molecular formula is C19H16O7. The molecule has 4 rings (SSSR count). The molecule has 0 bridgehead atoms. The van der Waals surface area contributed by atoms with E-state index >= 15 is 0 Å². The molecule has 0 amide bonds. The number of hydrogen-bond acceptors (Lipinski definition) is 7. The van der Waals surface area contributed by atoms with Gasteiger partial charge in [0.25, 0.3) is 0 Å². The summed E-state index contributed by atoms with van der Waals surface area (Å²) in [5.74, 6) is -3.08. The largest absolute Gasteiger partial charge is 0.507 e. The monoisotopic (exact) mass is 356 g/mol. The Hall–Kier alpha value is -2.90. The average Bonchev–Trinajstić information content (AvgIpc) is 2.58. The number of aliphatic hydroxyl groups excluding tert-OH is 1. The maximum Gasteiger partial charge on any atom is 0.202 e. The minimum Gasteiger partial charge on any atom is -0.507 e. The van der Waals surface area contributed by atoms with Crippen molar-refractivity contribution in [1.82, 2.24) is 0 Å². The van der Waals surface area contributed by atoms with E-state index in [-0.39, 0.29) is 35.1 Å². The SMILES string of the molecule is C[C@]1(O)CCc2c(O)c3c(c(O)c2[C@H]1O)C(=O)c1cccc(O)c1C3=O. The maximum absolute atomic E-state index is 12.9. The first kappa shape index (κ1) is 16.6. The summed E-state index contributed by atoms with van der Waals surface area (Å²) >= 11 is 0. The van der Waals surface area contributed by atoms with Gasteiger partial charge in [0.15, 0.2) is 5.78 Å². The van der Waals surface area contributed by atoms with Gasteiger partial charge in [-0.3, -0.25) is 9.59 Å². The molecule has 7 heteroatoms. The lowest BCUT2D eigenvalue weighted by Gasteiger charge is -2.37. The van der Waals surface area contributed by atoms with Crippen molar-refractivity contribution in [3.63, 3.8) is 0 Å². The van der Waals surface area contributed by atoms with Gasteiger partial charge < -0.3 is 25.5 Å². The second-order valence-corrected chi connectivity index (χ2v) is 6.96. The van der Waals surface area contributed by atoms with Crippen LogP contribution in [0.15, 0.2) is 18.2 Å². The van der Waals surface area contributed by atoms with Crippen molar-refractivity contribution in [2.45, 2.75) is 31.5 Å². The predicted octanol–water partition coefficient (Wildman–Crippen LogP) is 1.31. The third-order valence-corrected chi connectivity index (χ3v) is 5.30. The molecule has 7 nitrogen and oxygen atoms in total. The lowest BCUT2D eigenvalue weighted by atomic mass is 9.73. The highest BCUT2D eigenvalue weighted by atomic mass is 16.3. The van der Waals surface area contributed by atoms with Crippen LogP contribution in [0.4, 0.5) is 0 Å². The lowest BCUT2D eigenvalue weighted by Crippen LogP contribution is -2.38. The molecule has 5 N–H and O–H groups in total. The summed E-state index contributed by atoms with van der Waals surface area (Å²) in [6.45, 7) is 1.39. The van der Waals surface area contributed by atoms with Gasteiger partial charge in [-0.15, -0.1) is 0 Å². The number of rotatable bonds is 0. The molecule has 2 aromatic carbocycles. The number of aromatic hydroxyl groups is 3. The van der Waals surface area contributed by atoms with Crippen LogP contribution >= 0.6 is 0 Å². The number of fused-ring (bicyclic) bond motifs is 3. The highest BCUT2D eigenvalue weighted by Gasteiger charge is 2.45. The van der Waals surface area contributed by atoms with Gasteiger partial charge in [-0.1, -0.05) is 12.1 Å². The van der Waals surface area contributed by atoms with Crippen molar-refractivity contribution in [1.29, 1.82) is 0 Å². The minimum atomic E-state index is -1.55. The van der Waals surface area contributed by atoms with Crippen LogP contribution in [-0.4, -0.2) is 42.7 Å². The smallest absolute Gasteiger partial charge is 0.202 e. The lowest BCUT2D eigenvalue weighted by molar-refractivity contribution is -0.0763. The summed E-state index contributed by atoms with van der Waals surface area (Å²) in [4.78, 5) is 25.7. The Morgan fingerprint density at radius 1 is 1.00 bits per heavy atom. The molecule has 0 saturated heterocycles. The Kier molecular flexibility index (Phi) is 3.22. The summed E-state index contributed by atoms with van der Waals surface area (Å²) in [7, 11) is 0. The molecule has 2 aliphatic carbocycles. The number of phenols is 3. The van der Waals surface area contributed by atoms with Crippen LogP contribution in [-0.2, 0) is 6.42 Å². The fourth-order valence-electron chi connectivity index (χ4n) is 3.84. The number of carbonyl (C=O) groups is 2. The molecule has 0 saturated carbocycles. The molecule has 2 atom stereocenters. The number of hydrogen-bond donors (Lipinski definition) is 5. The summed E-state index contributed by atoms with van der Waals surface area (Å²) in [6, 6.07) is 3.98. The quantitative estimate of drug-likeness (QED) is 0.383. The summed E-state index contributed by atoms with van der Waals surface area (Å²) < 4.78 is 0. The van der Waals surface area contributed by atoms with Crippen LogP contribution in [0.2, 0.25) is 0 Å². The van der Waals surface area contributed by atoms with Crippen LogP contribution in [0, 0.1) is 0 Å². The summed E-state index contributed by atoms with van der Waals surface area (Å²) in [5, 5.41) is 52.0. The summed E-state index contributed by atoms with van der Waals surface area (Å²) in [5.41, 5.74) is -2.75. The predicted molar refractivity (Wildman–Crippen MR) is 88.6 cm³/mol. The van der Waals surface area contributed by atoms with Gasteiger partial charge in [0.2, 0.25) is 5.78 Å².